The van der Waals surface area contributed by atoms with Crippen LogP contribution < -0.4 is 5.73 Å². The zero-order chi connectivity index (χ0) is 15.0. The minimum Gasteiger partial charge on any atom is -0.409 e. The molecule has 0 aliphatic rings. The molecule has 1 aromatic carbocycles. The summed E-state index contributed by atoms with van der Waals surface area (Å²) in [5.74, 6) is 1.35. The van der Waals surface area contributed by atoms with Gasteiger partial charge in [-0.3, -0.25) is 4.98 Å². The van der Waals surface area contributed by atoms with Gasteiger partial charge in [-0.05, 0) is 19.9 Å². The van der Waals surface area contributed by atoms with Crippen molar-refractivity contribution in [2.45, 2.75) is 13.8 Å². The van der Waals surface area contributed by atoms with Gasteiger partial charge in [-0.1, -0.05) is 23.4 Å². The van der Waals surface area contributed by atoms with E-state index in [1.54, 1.807) is 10.9 Å². The van der Waals surface area contributed by atoms with Crippen molar-refractivity contribution in [3.8, 4) is 5.69 Å². The predicted octanol–water partition coefficient (Wildman–Crippen LogP) is 1.53. The summed E-state index contributed by atoms with van der Waals surface area (Å²) >= 11 is 0. The van der Waals surface area contributed by atoms with Crippen LogP contribution in [0.5, 0.6) is 0 Å². The van der Waals surface area contributed by atoms with Gasteiger partial charge in [-0.15, -0.1) is 0 Å². The van der Waals surface area contributed by atoms with E-state index in [1.165, 1.54) is 0 Å². The Labute approximate surface area is 120 Å². The third-order valence-electron chi connectivity index (χ3n) is 3.22. The van der Waals surface area contributed by atoms with Gasteiger partial charge in [0.25, 0.3) is 0 Å². The number of rotatable bonds is 2. The Bertz CT molecular complexity index is 852. The van der Waals surface area contributed by atoms with Crippen LogP contribution in [0.15, 0.2) is 35.6 Å². The van der Waals surface area contributed by atoms with Crippen LogP contribution >= 0.6 is 0 Å². The lowest BCUT2D eigenvalue weighted by Crippen LogP contribution is -2.18. The lowest BCUT2D eigenvalue weighted by atomic mass is 10.1. The number of benzene rings is 1. The number of hydrogen-bond donors (Lipinski definition) is 2. The van der Waals surface area contributed by atoms with Crippen LogP contribution in [0.1, 0.15) is 17.2 Å². The topological polar surface area (TPSA) is 102 Å². The quantitative estimate of drug-likeness (QED) is 0.321. The zero-order valence-electron chi connectivity index (χ0n) is 11.6. The average Bonchev–Trinajstić information content (AvgIpc) is 2.83. The largest absolute Gasteiger partial charge is 0.409 e. The molecule has 2 aromatic heterocycles. The molecule has 0 saturated carbocycles. The summed E-state index contributed by atoms with van der Waals surface area (Å²) in [6.07, 6.45) is 1.57. The molecule has 0 bridgehead atoms. The highest BCUT2D eigenvalue weighted by Gasteiger charge is 2.17. The second-order valence-corrected chi connectivity index (χ2v) is 4.64. The number of hydrogen-bond acceptors (Lipinski definition) is 5. The van der Waals surface area contributed by atoms with Crippen LogP contribution in [-0.2, 0) is 0 Å². The van der Waals surface area contributed by atoms with E-state index in [1.807, 2.05) is 38.1 Å². The summed E-state index contributed by atoms with van der Waals surface area (Å²) in [7, 11) is 0. The van der Waals surface area contributed by atoms with Crippen LogP contribution in [0.2, 0.25) is 0 Å². The number of aryl methyl sites for hydroxylation is 2. The van der Waals surface area contributed by atoms with Gasteiger partial charge in [0.05, 0.1) is 16.8 Å². The van der Waals surface area contributed by atoms with Gasteiger partial charge < -0.3 is 10.9 Å². The molecule has 0 unspecified atom stereocenters. The SMILES string of the molecule is Cc1nc(C)n(-c2c(C(N)=NO)cnc3ccccc23)n1. The minimum absolute atomic E-state index is 0.0178. The molecule has 3 rings (SSSR count). The summed E-state index contributed by atoms with van der Waals surface area (Å²) in [6.45, 7) is 3.67. The maximum atomic E-state index is 9.00. The predicted molar refractivity (Wildman–Crippen MR) is 78.6 cm³/mol. The van der Waals surface area contributed by atoms with Crippen LogP contribution in [0.25, 0.3) is 16.6 Å². The van der Waals surface area contributed by atoms with Gasteiger partial charge in [0.15, 0.2) is 5.84 Å². The summed E-state index contributed by atoms with van der Waals surface area (Å²) < 4.78 is 1.69. The fourth-order valence-electron chi connectivity index (χ4n) is 2.33. The Hall–Kier alpha value is -2.96. The maximum Gasteiger partial charge on any atom is 0.173 e. The van der Waals surface area contributed by atoms with Gasteiger partial charge in [-0.25, -0.2) is 9.67 Å². The number of fused-ring (bicyclic) bond motifs is 1. The Morgan fingerprint density at radius 3 is 2.71 bits per heavy atom. The van der Waals surface area contributed by atoms with Crippen LogP contribution in [0, 0.1) is 13.8 Å². The second kappa shape index (κ2) is 4.86. The van der Waals surface area contributed by atoms with E-state index in [0.717, 1.165) is 16.7 Å². The molecule has 7 heteroatoms. The Morgan fingerprint density at radius 1 is 1.29 bits per heavy atom. The molecule has 0 radical (unpaired) electrons. The summed E-state index contributed by atoms with van der Waals surface area (Å²) in [4.78, 5) is 8.65. The molecule has 0 saturated heterocycles. The van der Waals surface area contributed by atoms with Crippen molar-refractivity contribution in [3.05, 3.63) is 47.7 Å². The average molecular weight is 282 g/mol. The first-order valence-electron chi connectivity index (χ1n) is 6.38. The first kappa shape index (κ1) is 13.0. The van der Waals surface area contributed by atoms with Crippen molar-refractivity contribution >= 4 is 16.7 Å². The first-order valence-corrected chi connectivity index (χ1v) is 6.38. The number of amidine groups is 1. The van der Waals surface area contributed by atoms with Gasteiger partial charge in [0.2, 0.25) is 0 Å². The minimum atomic E-state index is -0.0178. The zero-order valence-corrected chi connectivity index (χ0v) is 11.6. The molecule has 3 N–H and O–H groups in total. The molecule has 0 amide bonds. The van der Waals surface area contributed by atoms with Crippen molar-refractivity contribution in [1.82, 2.24) is 19.7 Å². The van der Waals surface area contributed by atoms with E-state index < -0.39 is 0 Å². The molecule has 0 fully saturated rings. The monoisotopic (exact) mass is 282 g/mol. The highest BCUT2D eigenvalue weighted by molar-refractivity contribution is 6.05. The van der Waals surface area contributed by atoms with Crippen molar-refractivity contribution < 1.29 is 5.21 Å². The number of aromatic nitrogens is 4. The molecule has 2 heterocycles. The summed E-state index contributed by atoms with van der Waals surface area (Å²) in [5.41, 5.74) is 7.79. The van der Waals surface area contributed by atoms with Crippen LogP contribution in [0.3, 0.4) is 0 Å². The summed E-state index contributed by atoms with van der Waals surface area (Å²) in [5, 5.41) is 17.3. The molecule has 0 aliphatic heterocycles. The van der Waals surface area contributed by atoms with E-state index in [-0.39, 0.29) is 5.84 Å². The van der Waals surface area contributed by atoms with Crippen molar-refractivity contribution in [3.63, 3.8) is 0 Å². The van der Waals surface area contributed by atoms with E-state index in [9.17, 15) is 0 Å². The van der Waals surface area contributed by atoms with E-state index in [2.05, 4.69) is 20.2 Å². The molecule has 21 heavy (non-hydrogen) atoms. The molecular formula is C14H14N6O. The number of nitrogens with zero attached hydrogens (tertiary/aromatic N) is 5. The number of para-hydroxylation sites is 1. The Morgan fingerprint density at radius 2 is 2.05 bits per heavy atom. The highest BCUT2D eigenvalue weighted by atomic mass is 16.4. The van der Waals surface area contributed by atoms with E-state index in [4.69, 9.17) is 10.9 Å². The smallest absolute Gasteiger partial charge is 0.173 e. The van der Waals surface area contributed by atoms with Crippen LogP contribution in [-0.4, -0.2) is 30.8 Å². The molecular weight excluding hydrogens is 268 g/mol. The number of nitrogens with two attached hydrogens (primary N) is 1. The van der Waals surface area contributed by atoms with Gasteiger partial charge in [0.1, 0.15) is 11.6 Å². The summed E-state index contributed by atoms with van der Waals surface area (Å²) in [6, 6.07) is 7.63. The first-order chi connectivity index (χ1) is 10.1. The number of pyridine rings is 1. The fraction of sp³-hybridized carbons (Fsp3) is 0.143. The standard InChI is InChI=1S/C14H14N6O/c1-8-17-9(2)20(18-8)13-10-5-3-4-6-12(10)16-7-11(13)14(15)19-21/h3-7,21H,1-2H3,(H2,15,19). The maximum absolute atomic E-state index is 9.00. The van der Waals surface area contributed by atoms with Gasteiger partial charge in [-0.2, -0.15) is 5.10 Å². The lowest BCUT2D eigenvalue weighted by molar-refractivity contribution is 0.318. The third-order valence-corrected chi connectivity index (χ3v) is 3.22. The van der Waals surface area contributed by atoms with E-state index in [0.29, 0.717) is 17.1 Å². The lowest BCUT2D eigenvalue weighted by Gasteiger charge is -2.12. The molecule has 0 aliphatic carbocycles. The Kier molecular flexibility index (Phi) is 3.02. The normalized spacial score (nSPS) is 12.0. The number of oxime groups is 1. The molecule has 0 spiro atoms. The molecule has 0 atom stereocenters. The third kappa shape index (κ3) is 2.08. The molecule has 3 aromatic rings. The van der Waals surface area contributed by atoms with Gasteiger partial charge >= 0.3 is 0 Å². The van der Waals surface area contributed by atoms with E-state index >= 15 is 0 Å². The van der Waals surface area contributed by atoms with Crippen LogP contribution in [0.4, 0.5) is 0 Å². The molecule has 7 nitrogen and oxygen atoms in total. The molecule has 106 valence electrons. The van der Waals surface area contributed by atoms with Crippen molar-refractivity contribution in [1.29, 1.82) is 0 Å². The second-order valence-electron chi connectivity index (χ2n) is 4.64. The fourth-order valence-corrected chi connectivity index (χ4v) is 2.33. The highest BCUT2D eigenvalue weighted by Crippen LogP contribution is 2.24. The van der Waals surface area contributed by atoms with Gasteiger partial charge in [0, 0.05) is 11.6 Å². The Balaban J connectivity index is 2.44. The van der Waals surface area contributed by atoms with Crippen molar-refractivity contribution in [2.24, 2.45) is 10.9 Å². The van der Waals surface area contributed by atoms with Crippen molar-refractivity contribution in [2.75, 3.05) is 0 Å².